The Kier molecular flexibility index (Phi) is 68.6. The van der Waals surface area contributed by atoms with Gasteiger partial charge in [0.15, 0.2) is 6.10 Å². The van der Waals surface area contributed by atoms with Crippen molar-refractivity contribution >= 4 is 17.9 Å². The quantitative estimate of drug-likeness (QED) is 0.0261. The van der Waals surface area contributed by atoms with Gasteiger partial charge in [0.05, 0.1) is 0 Å². The van der Waals surface area contributed by atoms with E-state index in [1.165, 1.54) is 270 Å². The molecular weight excluding hydrogens is 1010 g/mol. The summed E-state index contributed by atoms with van der Waals surface area (Å²) in [4.78, 5) is 38.3. The number of esters is 3. The molecule has 0 rings (SSSR count). The first-order valence-corrected chi connectivity index (χ1v) is 36.6. The predicted molar refractivity (Wildman–Crippen MR) is 358 cm³/mol. The van der Waals surface area contributed by atoms with Crippen molar-refractivity contribution in [3.8, 4) is 0 Å². The van der Waals surface area contributed by atoms with Crippen LogP contribution in [0.25, 0.3) is 0 Å². The molecule has 0 aromatic rings. The van der Waals surface area contributed by atoms with Gasteiger partial charge in [0.2, 0.25) is 0 Å². The molecule has 0 amide bonds. The van der Waals surface area contributed by atoms with Crippen LogP contribution in [0, 0.1) is 0 Å². The number of hydrogen-bond donors (Lipinski definition) is 0. The third-order valence-electron chi connectivity index (χ3n) is 16.6. The van der Waals surface area contributed by atoms with Crippen molar-refractivity contribution in [2.45, 2.75) is 406 Å². The lowest BCUT2D eigenvalue weighted by Crippen LogP contribution is -2.30. The molecule has 1 atom stereocenters. The maximum Gasteiger partial charge on any atom is 0.306 e. The summed E-state index contributed by atoms with van der Waals surface area (Å²) in [5.74, 6) is -0.856. The second-order valence-electron chi connectivity index (χ2n) is 24.8. The largest absolute Gasteiger partial charge is 0.462 e. The maximum absolute atomic E-state index is 12.9. The molecule has 0 aliphatic heterocycles. The molecular formula is C76H140O6. The lowest BCUT2D eigenvalue weighted by Gasteiger charge is -2.18. The summed E-state index contributed by atoms with van der Waals surface area (Å²) in [7, 11) is 0. The van der Waals surface area contributed by atoms with E-state index in [-0.39, 0.29) is 31.1 Å². The Morgan fingerprint density at radius 2 is 0.476 bits per heavy atom. The number of carbonyl (C=O) groups excluding carboxylic acids is 3. The molecule has 0 aromatic heterocycles. The van der Waals surface area contributed by atoms with Crippen LogP contribution in [-0.2, 0) is 28.6 Å². The highest BCUT2D eigenvalue weighted by molar-refractivity contribution is 5.71. The zero-order valence-electron chi connectivity index (χ0n) is 55.3. The SMILES string of the molecule is CC/C=C\C/C=C\C/C=C\C/C=C\CCCCCCCCCCC(=O)OC(COC(=O)CCCCCCCCCCCC)COC(=O)CCCCCCCCCCCCCCCCCCCCCCCCCCCCCCCCCCC. The van der Waals surface area contributed by atoms with Crippen LogP contribution in [-0.4, -0.2) is 37.2 Å². The summed E-state index contributed by atoms with van der Waals surface area (Å²) in [5.41, 5.74) is 0. The Bertz CT molecular complexity index is 1410. The van der Waals surface area contributed by atoms with Gasteiger partial charge in [-0.25, -0.2) is 0 Å². The summed E-state index contributed by atoms with van der Waals surface area (Å²) >= 11 is 0. The van der Waals surface area contributed by atoms with Gasteiger partial charge in [-0.05, 0) is 57.8 Å². The Hall–Kier alpha value is -2.63. The molecule has 0 aliphatic rings. The van der Waals surface area contributed by atoms with Gasteiger partial charge in [0.25, 0.3) is 0 Å². The highest BCUT2D eigenvalue weighted by atomic mass is 16.6. The molecule has 0 bridgehead atoms. The number of ether oxygens (including phenoxy) is 3. The van der Waals surface area contributed by atoms with Crippen molar-refractivity contribution in [3.05, 3.63) is 48.6 Å². The molecule has 6 heteroatoms. The molecule has 0 spiro atoms. The molecule has 0 radical (unpaired) electrons. The Labute approximate surface area is 511 Å². The van der Waals surface area contributed by atoms with E-state index in [1.54, 1.807) is 0 Å². The van der Waals surface area contributed by atoms with Crippen LogP contribution < -0.4 is 0 Å². The van der Waals surface area contributed by atoms with Crippen LogP contribution in [0.15, 0.2) is 48.6 Å². The predicted octanol–water partition coefficient (Wildman–Crippen LogP) is 25.3. The molecule has 0 aromatic carbocycles. The van der Waals surface area contributed by atoms with E-state index in [9.17, 15) is 14.4 Å². The van der Waals surface area contributed by atoms with Gasteiger partial charge in [-0.2, -0.15) is 0 Å². The zero-order valence-corrected chi connectivity index (χ0v) is 55.3. The molecule has 0 fully saturated rings. The molecule has 6 nitrogen and oxygen atoms in total. The maximum atomic E-state index is 12.9. The minimum Gasteiger partial charge on any atom is -0.462 e. The van der Waals surface area contributed by atoms with Gasteiger partial charge in [-0.15, -0.1) is 0 Å². The number of hydrogen-bond acceptors (Lipinski definition) is 6. The fraction of sp³-hybridized carbons (Fsp3) is 0.855. The molecule has 480 valence electrons. The zero-order chi connectivity index (χ0) is 59.2. The fourth-order valence-electron chi connectivity index (χ4n) is 11.1. The summed E-state index contributed by atoms with van der Waals surface area (Å²) in [6, 6.07) is 0. The second kappa shape index (κ2) is 70.9. The van der Waals surface area contributed by atoms with E-state index in [4.69, 9.17) is 14.2 Å². The Balaban J connectivity index is 4.06. The lowest BCUT2D eigenvalue weighted by atomic mass is 10.0. The summed E-state index contributed by atoms with van der Waals surface area (Å²) < 4.78 is 17.0. The van der Waals surface area contributed by atoms with Crippen LogP contribution in [0.5, 0.6) is 0 Å². The normalized spacial score (nSPS) is 12.3. The topological polar surface area (TPSA) is 78.9 Å². The van der Waals surface area contributed by atoms with Gasteiger partial charge in [0.1, 0.15) is 13.2 Å². The minimum absolute atomic E-state index is 0.0714. The van der Waals surface area contributed by atoms with Gasteiger partial charge in [0, 0.05) is 19.3 Å². The summed E-state index contributed by atoms with van der Waals surface area (Å²) in [6.07, 6.45) is 90.3. The minimum atomic E-state index is -0.775. The monoisotopic (exact) mass is 1150 g/mol. The first-order chi connectivity index (χ1) is 40.5. The van der Waals surface area contributed by atoms with Crippen LogP contribution in [0.1, 0.15) is 400 Å². The van der Waals surface area contributed by atoms with Crippen molar-refractivity contribution in [3.63, 3.8) is 0 Å². The molecule has 0 N–H and O–H groups in total. The third-order valence-corrected chi connectivity index (χ3v) is 16.6. The fourth-order valence-corrected chi connectivity index (χ4v) is 11.1. The van der Waals surface area contributed by atoms with Crippen LogP contribution >= 0.6 is 0 Å². The smallest absolute Gasteiger partial charge is 0.306 e. The third kappa shape index (κ3) is 68.2. The molecule has 82 heavy (non-hydrogen) atoms. The van der Waals surface area contributed by atoms with Crippen molar-refractivity contribution in [2.24, 2.45) is 0 Å². The average Bonchev–Trinajstić information content (AvgIpc) is 3.47. The van der Waals surface area contributed by atoms with E-state index in [0.717, 1.165) is 89.9 Å². The van der Waals surface area contributed by atoms with Gasteiger partial charge >= 0.3 is 17.9 Å². The van der Waals surface area contributed by atoms with Gasteiger partial charge in [-0.3, -0.25) is 14.4 Å². The van der Waals surface area contributed by atoms with Crippen molar-refractivity contribution in [2.75, 3.05) is 13.2 Å². The molecule has 1 unspecified atom stereocenters. The second-order valence-corrected chi connectivity index (χ2v) is 24.8. The molecule has 0 aliphatic carbocycles. The van der Waals surface area contributed by atoms with E-state index in [0.29, 0.717) is 19.3 Å². The van der Waals surface area contributed by atoms with Crippen LogP contribution in [0.4, 0.5) is 0 Å². The van der Waals surface area contributed by atoms with Crippen LogP contribution in [0.3, 0.4) is 0 Å². The molecule has 0 saturated carbocycles. The number of carbonyl (C=O) groups is 3. The lowest BCUT2D eigenvalue weighted by molar-refractivity contribution is -0.167. The highest BCUT2D eigenvalue weighted by Gasteiger charge is 2.19. The van der Waals surface area contributed by atoms with E-state index < -0.39 is 6.10 Å². The van der Waals surface area contributed by atoms with Crippen molar-refractivity contribution in [1.82, 2.24) is 0 Å². The van der Waals surface area contributed by atoms with Crippen molar-refractivity contribution in [1.29, 1.82) is 0 Å². The highest BCUT2D eigenvalue weighted by Crippen LogP contribution is 2.19. The van der Waals surface area contributed by atoms with Gasteiger partial charge < -0.3 is 14.2 Å². The summed E-state index contributed by atoms with van der Waals surface area (Å²) in [6.45, 7) is 6.58. The number of unbranched alkanes of at least 4 members (excludes halogenated alkanes) is 49. The van der Waals surface area contributed by atoms with E-state index >= 15 is 0 Å². The van der Waals surface area contributed by atoms with E-state index in [2.05, 4.69) is 69.4 Å². The van der Waals surface area contributed by atoms with E-state index in [1.807, 2.05) is 0 Å². The molecule has 0 saturated heterocycles. The standard InChI is InChI=1S/C76H140O6/c1-4-7-10-13-16-19-22-24-26-28-30-32-33-34-35-36-37-38-39-40-41-42-43-45-46-48-50-52-54-57-60-63-66-69-75(78)81-72-73(71-80-74(77)68-65-62-59-56-21-18-15-12-9-6-3)82-76(79)70-67-64-61-58-55-53-51-49-47-44-31-29-27-25-23-20-17-14-11-8-5-2/h8,11,17,20,25,27,31,44,73H,4-7,9-10,12-16,18-19,21-24,26,28-30,32-43,45-72H2,1-3H3/b11-8-,20-17-,27-25-,44-31-. The first kappa shape index (κ1) is 79.4. The number of rotatable bonds is 68. The van der Waals surface area contributed by atoms with Gasteiger partial charge in [-0.1, -0.05) is 371 Å². The first-order valence-electron chi connectivity index (χ1n) is 36.6. The van der Waals surface area contributed by atoms with Crippen molar-refractivity contribution < 1.29 is 28.6 Å². The Morgan fingerprint density at radius 3 is 0.744 bits per heavy atom. The van der Waals surface area contributed by atoms with Crippen LogP contribution in [0.2, 0.25) is 0 Å². The molecule has 0 heterocycles. The summed E-state index contributed by atoms with van der Waals surface area (Å²) in [5, 5.41) is 0. The Morgan fingerprint density at radius 1 is 0.256 bits per heavy atom. The number of allylic oxidation sites excluding steroid dienone is 8. The average molecular weight is 1150 g/mol.